The van der Waals surface area contributed by atoms with Crippen molar-refractivity contribution in [2.24, 2.45) is 4.99 Å². The summed E-state index contributed by atoms with van der Waals surface area (Å²) in [6.07, 6.45) is 5.79. The first-order valence-corrected chi connectivity index (χ1v) is 4.09. The van der Waals surface area contributed by atoms with Gasteiger partial charge < -0.3 is 0 Å². The molecule has 1 heterocycles. The predicted octanol–water partition coefficient (Wildman–Crippen LogP) is 2.39. The summed E-state index contributed by atoms with van der Waals surface area (Å²) in [6, 6.07) is 0. The van der Waals surface area contributed by atoms with Gasteiger partial charge in [0, 0.05) is 17.7 Å². The number of rotatable bonds is 1. The monoisotopic (exact) mass is 165 g/mol. The number of hydrogen-bond acceptors (Lipinski definition) is 2. The highest BCUT2D eigenvalue weighted by atomic mass is 32.1. The highest BCUT2D eigenvalue weighted by Gasteiger charge is 1.97. The molecule has 0 aromatic heterocycles. The van der Waals surface area contributed by atoms with E-state index in [1.165, 1.54) is 0 Å². The molecule has 0 saturated heterocycles. The molecule has 0 bridgehead atoms. The van der Waals surface area contributed by atoms with Gasteiger partial charge >= 0.3 is 0 Å². The molecule has 0 unspecified atom stereocenters. The van der Waals surface area contributed by atoms with E-state index in [-0.39, 0.29) is 0 Å². The highest BCUT2D eigenvalue weighted by molar-refractivity contribution is 7.80. The van der Waals surface area contributed by atoms with E-state index in [0.29, 0.717) is 0 Å². The van der Waals surface area contributed by atoms with E-state index in [4.69, 9.17) is 0 Å². The van der Waals surface area contributed by atoms with Gasteiger partial charge in [0.1, 0.15) is 0 Å². The molecule has 0 aromatic carbocycles. The quantitative estimate of drug-likeness (QED) is 0.573. The van der Waals surface area contributed by atoms with Crippen molar-refractivity contribution in [1.82, 2.24) is 0 Å². The molecule has 2 heteroatoms. The fourth-order valence-electron chi connectivity index (χ4n) is 0.727. The predicted molar refractivity (Wildman–Crippen MR) is 53.3 cm³/mol. The van der Waals surface area contributed by atoms with Crippen LogP contribution in [0.2, 0.25) is 0 Å². The summed E-state index contributed by atoms with van der Waals surface area (Å²) in [7, 11) is 0. The van der Waals surface area contributed by atoms with E-state index in [9.17, 15) is 0 Å². The summed E-state index contributed by atoms with van der Waals surface area (Å²) in [6.45, 7) is 5.80. The van der Waals surface area contributed by atoms with Crippen LogP contribution < -0.4 is 0 Å². The van der Waals surface area contributed by atoms with Crippen LogP contribution in [0.3, 0.4) is 0 Å². The summed E-state index contributed by atoms with van der Waals surface area (Å²) in [5.41, 5.74) is 3.06. The zero-order chi connectivity index (χ0) is 8.27. The van der Waals surface area contributed by atoms with E-state index in [2.05, 4.69) is 24.2 Å². The maximum atomic E-state index is 4.20. The molecule has 11 heavy (non-hydrogen) atoms. The molecular formula is C9H11NS. The maximum Gasteiger partial charge on any atom is 0.0439 e. The third-order valence-electron chi connectivity index (χ3n) is 1.57. The van der Waals surface area contributed by atoms with Gasteiger partial charge in [-0.1, -0.05) is 18.7 Å². The van der Waals surface area contributed by atoms with Gasteiger partial charge in [-0.25, -0.2) is 0 Å². The van der Waals surface area contributed by atoms with E-state index in [1.54, 1.807) is 0 Å². The highest BCUT2D eigenvalue weighted by Crippen LogP contribution is 2.09. The summed E-state index contributed by atoms with van der Waals surface area (Å²) in [5, 5.41) is 0. The second-order valence-corrected chi connectivity index (χ2v) is 2.75. The van der Waals surface area contributed by atoms with Crippen LogP contribution in [-0.4, -0.2) is 11.5 Å². The lowest BCUT2D eigenvalue weighted by Crippen LogP contribution is -1.89. The van der Waals surface area contributed by atoms with Crippen LogP contribution in [0.4, 0.5) is 0 Å². The largest absolute Gasteiger partial charge is 0.261 e. The van der Waals surface area contributed by atoms with Gasteiger partial charge in [0.05, 0.1) is 0 Å². The van der Waals surface area contributed by atoms with Crippen molar-refractivity contribution in [3.8, 4) is 0 Å². The first kappa shape index (κ1) is 8.34. The lowest BCUT2D eigenvalue weighted by atomic mass is 10.2. The zero-order valence-corrected chi connectivity index (χ0v) is 7.44. The number of aliphatic imine (C=N–C) groups is 1. The van der Waals surface area contributed by atoms with Crippen LogP contribution >= 0.6 is 12.6 Å². The number of hydrogen-bond donors (Lipinski definition) is 1. The maximum absolute atomic E-state index is 4.20. The molecule has 1 aliphatic heterocycles. The Labute approximate surface area is 72.6 Å². The Bertz CT molecular complexity index is 259. The summed E-state index contributed by atoms with van der Waals surface area (Å²) >= 11 is 4.15. The molecule has 0 atom stereocenters. The summed E-state index contributed by atoms with van der Waals surface area (Å²) < 4.78 is 0. The second-order valence-electron chi connectivity index (χ2n) is 2.44. The van der Waals surface area contributed by atoms with Crippen molar-refractivity contribution in [2.75, 3.05) is 5.75 Å². The minimum Gasteiger partial charge on any atom is -0.261 e. The molecule has 0 fully saturated rings. The normalized spacial score (nSPS) is 17.5. The van der Waals surface area contributed by atoms with Crippen LogP contribution in [0.25, 0.3) is 0 Å². The van der Waals surface area contributed by atoms with Gasteiger partial charge in [-0.3, -0.25) is 4.99 Å². The summed E-state index contributed by atoms with van der Waals surface area (Å²) in [5.74, 6) is 0.723. The first-order chi connectivity index (χ1) is 5.24. The fourth-order valence-corrected chi connectivity index (χ4v) is 0.915. The van der Waals surface area contributed by atoms with E-state index < -0.39 is 0 Å². The lowest BCUT2D eigenvalue weighted by molar-refractivity contribution is 1.45. The van der Waals surface area contributed by atoms with Crippen molar-refractivity contribution >= 4 is 18.3 Å². The van der Waals surface area contributed by atoms with E-state index in [1.807, 2.05) is 25.3 Å². The van der Waals surface area contributed by atoms with Gasteiger partial charge in [-0.2, -0.15) is 12.6 Å². The van der Waals surface area contributed by atoms with Crippen LogP contribution in [0.5, 0.6) is 0 Å². The molecule has 1 rings (SSSR count). The van der Waals surface area contributed by atoms with E-state index in [0.717, 1.165) is 22.6 Å². The van der Waals surface area contributed by atoms with Crippen LogP contribution in [0.15, 0.2) is 41.1 Å². The molecule has 1 nitrogen and oxygen atoms in total. The van der Waals surface area contributed by atoms with Gasteiger partial charge in [0.2, 0.25) is 0 Å². The first-order valence-electron chi connectivity index (χ1n) is 3.45. The Hall–Kier alpha value is -0.760. The SMILES string of the molecule is C=C1C=CC(CS)=CN=C1C. The molecule has 0 amide bonds. The molecule has 0 spiro atoms. The van der Waals surface area contributed by atoms with Gasteiger partial charge in [0.25, 0.3) is 0 Å². The van der Waals surface area contributed by atoms with E-state index >= 15 is 0 Å². The summed E-state index contributed by atoms with van der Waals surface area (Å²) in [4.78, 5) is 4.20. The molecular weight excluding hydrogens is 154 g/mol. The topological polar surface area (TPSA) is 12.4 Å². The van der Waals surface area contributed by atoms with Crippen molar-refractivity contribution in [3.05, 3.63) is 36.1 Å². The Balaban J connectivity index is 2.93. The van der Waals surface area contributed by atoms with Gasteiger partial charge in [0.15, 0.2) is 0 Å². The Morgan fingerprint density at radius 1 is 1.55 bits per heavy atom. The molecule has 0 N–H and O–H groups in total. The molecule has 0 aliphatic carbocycles. The Morgan fingerprint density at radius 3 is 2.91 bits per heavy atom. The lowest BCUT2D eigenvalue weighted by Gasteiger charge is -1.92. The molecule has 1 aliphatic rings. The van der Waals surface area contributed by atoms with Gasteiger partial charge in [-0.15, -0.1) is 0 Å². The second kappa shape index (κ2) is 3.58. The molecule has 0 saturated carbocycles. The Kier molecular flexibility index (Phi) is 2.71. The standard InChI is InChI=1S/C9H11NS/c1-7-3-4-9(6-11)5-10-8(7)2/h3-5,11H,1,6H2,2H3. The molecule has 0 aromatic rings. The van der Waals surface area contributed by atoms with Crippen LogP contribution in [-0.2, 0) is 0 Å². The van der Waals surface area contributed by atoms with Crippen molar-refractivity contribution in [3.63, 3.8) is 0 Å². The number of allylic oxidation sites excluding steroid dienone is 3. The third kappa shape index (κ3) is 2.09. The Morgan fingerprint density at radius 2 is 2.27 bits per heavy atom. The molecule has 0 radical (unpaired) electrons. The van der Waals surface area contributed by atoms with Crippen LogP contribution in [0.1, 0.15) is 6.92 Å². The van der Waals surface area contributed by atoms with Crippen molar-refractivity contribution < 1.29 is 0 Å². The average molecular weight is 165 g/mol. The molecule has 58 valence electrons. The van der Waals surface area contributed by atoms with Crippen molar-refractivity contribution in [2.45, 2.75) is 6.92 Å². The minimum atomic E-state index is 0.723. The van der Waals surface area contributed by atoms with Crippen molar-refractivity contribution in [1.29, 1.82) is 0 Å². The van der Waals surface area contributed by atoms with Gasteiger partial charge in [-0.05, 0) is 18.1 Å². The number of thiol groups is 1. The fraction of sp³-hybridized carbons (Fsp3) is 0.222. The smallest absolute Gasteiger partial charge is 0.0439 e. The third-order valence-corrected chi connectivity index (χ3v) is 1.94. The number of nitrogens with zero attached hydrogens (tertiary/aromatic N) is 1. The average Bonchev–Trinajstić information content (AvgIpc) is 2.16. The minimum absolute atomic E-state index is 0.723. The van der Waals surface area contributed by atoms with Crippen LogP contribution in [0, 0.1) is 0 Å². The zero-order valence-electron chi connectivity index (χ0n) is 6.54.